The van der Waals surface area contributed by atoms with E-state index in [4.69, 9.17) is 5.11 Å². The highest BCUT2D eigenvalue weighted by Crippen LogP contribution is 2.19. The summed E-state index contributed by atoms with van der Waals surface area (Å²) in [7, 11) is -3.21. The van der Waals surface area contributed by atoms with Gasteiger partial charge in [0, 0.05) is 11.7 Å². The molecule has 0 saturated heterocycles. The molecular weight excluding hydrogens is 290 g/mol. The van der Waals surface area contributed by atoms with E-state index in [0.29, 0.717) is 11.3 Å². The number of anilines is 1. The van der Waals surface area contributed by atoms with Gasteiger partial charge in [-0.2, -0.15) is 0 Å². The second-order valence-electron chi connectivity index (χ2n) is 5.44. The number of nitrogens with one attached hydrogen (secondary N) is 1. The van der Waals surface area contributed by atoms with E-state index in [1.807, 2.05) is 20.8 Å². The van der Waals surface area contributed by atoms with Gasteiger partial charge in [0.15, 0.2) is 9.84 Å². The van der Waals surface area contributed by atoms with E-state index in [2.05, 4.69) is 5.32 Å². The molecule has 0 aromatic heterocycles. The Kier molecular flexibility index (Phi) is 6.20. The first-order chi connectivity index (χ1) is 9.76. The molecule has 0 bridgehead atoms. The summed E-state index contributed by atoms with van der Waals surface area (Å²) in [6.07, 6.45) is 0.601. The molecule has 0 heterocycles. The zero-order valence-electron chi connectivity index (χ0n) is 12.7. The monoisotopic (exact) mass is 313 g/mol. The SMILES string of the molecule is CCCS(=O)(=O)c1ccc(NC(CC(=O)O)C(C)C)cc1. The van der Waals surface area contributed by atoms with Crippen LogP contribution in [0.3, 0.4) is 0 Å². The molecule has 0 spiro atoms. The van der Waals surface area contributed by atoms with Crippen LogP contribution < -0.4 is 5.32 Å². The topological polar surface area (TPSA) is 83.5 Å². The fourth-order valence-corrected chi connectivity index (χ4v) is 3.32. The lowest BCUT2D eigenvalue weighted by Crippen LogP contribution is -2.28. The number of benzene rings is 1. The first-order valence-corrected chi connectivity index (χ1v) is 8.72. The maximum atomic E-state index is 11.9. The van der Waals surface area contributed by atoms with E-state index in [0.717, 1.165) is 5.69 Å². The van der Waals surface area contributed by atoms with Crippen LogP contribution in [0.15, 0.2) is 29.2 Å². The second kappa shape index (κ2) is 7.45. The van der Waals surface area contributed by atoms with E-state index >= 15 is 0 Å². The van der Waals surface area contributed by atoms with Crippen molar-refractivity contribution in [1.82, 2.24) is 0 Å². The molecule has 0 aliphatic heterocycles. The number of aliphatic carboxylic acids is 1. The number of hydrogen-bond acceptors (Lipinski definition) is 4. The normalized spacial score (nSPS) is 13.1. The molecule has 5 nitrogen and oxygen atoms in total. The van der Waals surface area contributed by atoms with Gasteiger partial charge in [-0.15, -0.1) is 0 Å². The number of carboxylic acid groups (broad SMARTS) is 1. The van der Waals surface area contributed by atoms with Crippen LogP contribution in [0.1, 0.15) is 33.6 Å². The van der Waals surface area contributed by atoms with Gasteiger partial charge < -0.3 is 10.4 Å². The van der Waals surface area contributed by atoms with Gasteiger partial charge >= 0.3 is 5.97 Å². The lowest BCUT2D eigenvalue weighted by molar-refractivity contribution is -0.137. The van der Waals surface area contributed by atoms with Crippen molar-refractivity contribution in [1.29, 1.82) is 0 Å². The Hall–Kier alpha value is -1.56. The molecule has 0 fully saturated rings. The molecule has 2 N–H and O–H groups in total. The number of sulfone groups is 1. The van der Waals surface area contributed by atoms with E-state index < -0.39 is 15.8 Å². The fourth-order valence-electron chi connectivity index (χ4n) is 2.00. The van der Waals surface area contributed by atoms with Crippen LogP contribution in [0.2, 0.25) is 0 Å². The zero-order valence-corrected chi connectivity index (χ0v) is 13.5. The fraction of sp³-hybridized carbons (Fsp3) is 0.533. The molecule has 0 aliphatic rings. The largest absolute Gasteiger partial charge is 0.481 e. The quantitative estimate of drug-likeness (QED) is 0.771. The summed E-state index contributed by atoms with van der Waals surface area (Å²) in [6, 6.07) is 6.29. The second-order valence-corrected chi connectivity index (χ2v) is 7.55. The van der Waals surface area contributed by atoms with Crippen LogP contribution >= 0.6 is 0 Å². The molecule has 0 saturated carbocycles. The minimum Gasteiger partial charge on any atom is -0.481 e. The van der Waals surface area contributed by atoms with E-state index in [1.54, 1.807) is 24.3 Å². The summed E-state index contributed by atoms with van der Waals surface area (Å²) in [5.74, 6) is -0.569. The molecule has 0 aliphatic carbocycles. The molecule has 0 amide bonds. The van der Waals surface area contributed by atoms with Gasteiger partial charge in [0.05, 0.1) is 17.1 Å². The Morgan fingerprint density at radius 2 is 1.81 bits per heavy atom. The minimum atomic E-state index is -3.21. The molecule has 1 unspecified atom stereocenters. The van der Waals surface area contributed by atoms with Crippen molar-refractivity contribution in [3.8, 4) is 0 Å². The van der Waals surface area contributed by atoms with Crippen LogP contribution in [0, 0.1) is 5.92 Å². The molecular formula is C15H23NO4S. The van der Waals surface area contributed by atoms with E-state index in [-0.39, 0.29) is 24.1 Å². The molecule has 0 radical (unpaired) electrons. The zero-order chi connectivity index (χ0) is 16.0. The van der Waals surface area contributed by atoms with Crippen molar-refractivity contribution >= 4 is 21.5 Å². The molecule has 118 valence electrons. The van der Waals surface area contributed by atoms with Crippen molar-refractivity contribution in [2.75, 3.05) is 11.1 Å². The van der Waals surface area contributed by atoms with Crippen molar-refractivity contribution in [2.45, 2.75) is 44.6 Å². The highest BCUT2D eigenvalue weighted by molar-refractivity contribution is 7.91. The summed E-state index contributed by atoms with van der Waals surface area (Å²) >= 11 is 0. The number of carbonyl (C=O) groups is 1. The summed E-state index contributed by atoms with van der Waals surface area (Å²) in [5.41, 5.74) is 0.727. The van der Waals surface area contributed by atoms with Gasteiger partial charge in [-0.25, -0.2) is 8.42 Å². The molecule has 1 rings (SSSR count). The van der Waals surface area contributed by atoms with Gasteiger partial charge in [-0.05, 0) is 36.6 Å². The highest BCUT2D eigenvalue weighted by atomic mass is 32.2. The van der Waals surface area contributed by atoms with Crippen LogP contribution in [-0.2, 0) is 14.6 Å². The third-order valence-corrected chi connectivity index (χ3v) is 5.17. The third kappa shape index (κ3) is 5.38. The van der Waals surface area contributed by atoms with Gasteiger partial charge in [0.1, 0.15) is 0 Å². The minimum absolute atomic E-state index is 0.0214. The Bertz CT molecular complexity index is 564. The Balaban J connectivity index is 2.84. The van der Waals surface area contributed by atoms with Gasteiger partial charge in [-0.1, -0.05) is 20.8 Å². The first-order valence-electron chi connectivity index (χ1n) is 7.07. The smallest absolute Gasteiger partial charge is 0.305 e. The highest BCUT2D eigenvalue weighted by Gasteiger charge is 2.17. The molecule has 21 heavy (non-hydrogen) atoms. The summed E-state index contributed by atoms with van der Waals surface area (Å²) < 4.78 is 23.8. The summed E-state index contributed by atoms with van der Waals surface area (Å²) in [5, 5.41) is 12.0. The predicted molar refractivity (Wildman–Crippen MR) is 83.3 cm³/mol. The number of rotatable bonds is 8. The third-order valence-electron chi connectivity index (χ3n) is 3.24. The maximum absolute atomic E-state index is 11.9. The lowest BCUT2D eigenvalue weighted by atomic mass is 10.0. The first kappa shape index (κ1) is 17.5. The van der Waals surface area contributed by atoms with Crippen molar-refractivity contribution in [2.24, 2.45) is 5.92 Å². The van der Waals surface area contributed by atoms with E-state index in [1.165, 1.54) is 0 Å². The van der Waals surface area contributed by atoms with E-state index in [9.17, 15) is 13.2 Å². The average molecular weight is 313 g/mol. The van der Waals surface area contributed by atoms with Crippen molar-refractivity contribution < 1.29 is 18.3 Å². The summed E-state index contributed by atoms with van der Waals surface area (Å²) in [4.78, 5) is 11.1. The van der Waals surface area contributed by atoms with Gasteiger partial charge in [0.25, 0.3) is 0 Å². The van der Waals surface area contributed by atoms with Gasteiger partial charge in [-0.3, -0.25) is 4.79 Å². The Morgan fingerprint density at radius 1 is 1.24 bits per heavy atom. The van der Waals surface area contributed by atoms with Crippen LogP contribution in [0.25, 0.3) is 0 Å². The standard InChI is InChI=1S/C15H23NO4S/c1-4-9-21(19,20)13-7-5-12(6-8-13)16-14(11(2)3)10-15(17)18/h5-8,11,14,16H,4,9-10H2,1-3H3,(H,17,18). The Labute approximate surface area is 126 Å². The van der Waals surface area contributed by atoms with Crippen LogP contribution in [0.5, 0.6) is 0 Å². The lowest BCUT2D eigenvalue weighted by Gasteiger charge is -2.22. The maximum Gasteiger partial charge on any atom is 0.305 e. The summed E-state index contributed by atoms with van der Waals surface area (Å²) in [6.45, 7) is 5.72. The average Bonchev–Trinajstić information content (AvgIpc) is 2.38. The molecule has 1 aromatic carbocycles. The van der Waals surface area contributed by atoms with Crippen molar-refractivity contribution in [3.05, 3.63) is 24.3 Å². The number of carboxylic acids is 1. The van der Waals surface area contributed by atoms with Crippen LogP contribution in [0.4, 0.5) is 5.69 Å². The van der Waals surface area contributed by atoms with Crippen molar-refractivity contribution in [3.63, 3.8) is 0 Å². The number of hydrogen-bond donors (Lipinski definition) is 2. The Morgan fingerprint density at radius 3 is 2.24 bits per heavy atom. The predicted octanol–water partition coefficient (Wildman–Crippen LogP) is 2.78. The van der Waals surface area contributed by atoms with Gasteiger partial charge in [0.2, 0.25) is 0 Å². The molecule has 1 atom stereocenters. The van der Waals surface area contributed by atoms with Crippen LogP contribution in [-0.4, -0.2) is 31.3 Å². The molecule has 6 heteroatoms. The molecule has 1 aromatic rings.